The summed E-state index contributed by atoms with van der Waals surface area (Å²) in [4.78, 5) is 7.21. The van der Waals surface area contributed by atoms with Crippen molar-refractivity contribution in [1.29, 1.82) is 0 Å². The fourth-order valence-electron chi connectivity index (χ4n) is 3.62. The summed E-state index contributed by atoms with van der Waals surface area (Å²) in [5.41, 5.74) is 0. The van der Waals surface area contributed by atoms with Gasteiger partial charge in [-0.15, -0.1) is 24.0 Å². The topological polar surface area (TPSA) is 59.2 Å². The Labute approximate surface area is 186 Å². The zero-order chi connectivity index (χ0) is 18.7. The summed E-state index contributed by atoms with van der Waals surface area (Å²) in [5, 5.41) is 3.53. The van der Waals surface area contributed by atoms with E-state index in [9.17, 15) is 0 Å². The lowest BCUT2D eigenvalue weighted by atomic mass is 10.1. The highest BCUT2D eigenvalue weighted by molar-refractivity contribution is 14.0. The third-order valence-electron chi connectivity index (χ3n) is 5.29. The molecule has 1 N–H and O–H groups in total. The second-order valence-corrected chi connectivity index (χ2v) is 7.47. The van der Waals surface area contributed by atoms with Crippen LogP contribution in [0, 0.1) is 0 Å². The van der Waals surface area contributed by atoms with Gasteiger partial charge in [-0.2, -0.15) is 0 Å². The second-order valence-electron chi connectivity index (χ2n) is 7.47. The van der Waals surface area contributed by atoms with Crippen molar-refractivity contribution in [3.8, 4) is 0 Å². The number of piperidine rings is 1. The van der Waals surface area contributed by atoms with Crippen LogP contribution in [-0.2, 0) is 15.9 Å². The van der Waals surface area contributed by atoms with Gasteiger partial charge in [0.05, 0.1) is 25.1 Å². The predicted molar refractivity (Wildman–Crippen MR) is 123 cm³/mol. The molecule has 0 saturated carbocycles. The van der Waals surface area contributed by atoms with E-state index >= 15 is 0 Å². The number of furan rings is 1. The Bertz CT molecular complexity index is 539. The van der Waals surface area contributed by atoms with Crippen molar-refractivity contribution in [2.24, 2.45) is 4.99 Å². The summed E-state index contributed by atoms with van der Waals surface area (Å²) in [5.74, 6) is 2.05. The second kappa shape index (κ2) is 13.4. The van der Waals surface area contributed by atoms with Crippen molar-refractivity contribution in [2.45, 2.75) is 64.1 Å². The Morgan fingerprint density at radius 2 is 2.18 bits per heavy atom. The number of nitrogens with zero attached hydrogens (tertiary/aromatic N) is 2. The molecule has 7 heteroatoms. The van der Waals surface area contributed by atoms with E-state index in [1.54, 1.807) is 6.26 Å². The van der Waals surface area contributed by atoms with Gasteiger partial charge in [-0.1, -0.05) is 13.3 Å². The molecule has 1 unspecified atom stereocenters. The number of aliphatic imine (C=N–C) groups is 1. The molecule has 2 fully saturated rings. The predicted octanol–water partition coefficient (Wildman–Crippen LogP) is 3.85. The number of ether oxygens (including phenoxy) is 2. The van der Waals surface area contributed by atoms with Crippen LogP contribution in [0.4, 0.5) is 0 Å². The molecule has 0 spiro atoms. The molecule has 6 nitrogen and oxygen atoms in total. The lowest BCUT2D eigenvalue weighted by molar-refractivity contribution is -0.0367. The van der Waals surface area contributed by atoms with Crippen LogP contribution >= 0.6 is 24.0 Å². The summed E-state index contributed by atoms with van der Waals surface area (Å²) in [6.07, 6.45) is 10.0. The van der Waals surface area contributed by atoms with E-state index in [1.807, 2.05) is 12.1 Å². The number of likely N-dealkylation sites (tertiary alicyclic amines) is 1. The standard InChI is InChI=1S/C21H35N3O3.HI/c1-2-3-11-22-21(23-12-8-18-6-4-15-25-18)24-13-9-19(10-14-24)27-17-20-7-5-16-26-20;/h4,6,15,19-20H,2-3,5,7-14,16-17H2,1H3,(H,22,23);1H. The van der Waals surface area contributed by atoms with Crippen molar-refractivity contribution in [2.75, 3.05) is 39.4 Å². The molecule has 2 aliphatic rings. The van der Waals surface area contributed by atoms with Gasteiger partial charge in [0, 0.05) is 39.2 Å². The van der Waals surface area contributed by atoms with Gasteiger partial charge in [0.25, 0.3) is 0 Å². The van der Waals surface area contributed by atoms with Gasteiger partial charge in [-0.05, 0) is 44.2 Å². The average Bonchev–Trinajstić information content (AvgIpc) is 3.40. The Morgan fingerprint density at radius 3 is 2.86 bits per heavy atom. The molecule has 0 aromatic carbocycles. The van der Waals surface area contributed by atoms with Crippen LogP contribution in [0.15, 0.2) is 27.8 Å². The summed E-state index contributed by atoms with van der Waals surface area (Å²) >= 11 is 0. The monoisotopic (exact) mass is 505 g/mol. The minimum atomic E-state index is 0. The molecular weight excluding hydrogens is 469 g/mol. The summed E-state index contributed by atoms with van der Waals surface area (Å²) in [6.45, 7) is 7.57. The van der Waals surface area contributed by atoms with Crippen LogP contribution in [0.5, 0.6) is 0 Å². The molecule has 3 rings (SSSR count). The molecule has 0 bridgehead atoms. The molecular formula is C21H36IN3O3. The summed E-state index contributed by atoms with van der Waals surface area (Å²) in [7, 11) is 0. The van der Waals surface area contributed by atoms with Gasteiger partial charge in [0.2, 0.25) is 0 Å². The average molecular weight is 505 g/mol. The first-order valence-electron chi connectivity index (χ1n) is 10.6. The zero-order valence-electron chi connectivity index (χ0n) is 17.1. The normalized spacial score (nSPS) is 21.0. The van der Waals surface area contributed by atoms with Crippen molar-refractivity contribution in [1.82, 2.24) is 10.2 Å². The van der Waals surface area contributed by atoms with E-state index in [-0.39, 0.29) is 24.0 Å². The van der Waals surface area contributed by atoms with E-state index in [2.05, 4.69) is 17.1 Å². The van der Waals surface area contributed by atoms with Crippen molar-refractivity contribution in [3.05, 3.63) is 24.2 Å². The smallest absolute Gasteiger partial charge is 0.193 e. The SMILES string of the molecule is CCCCN=C(NCCc1ccco1)N1CCC(OCC2CCCO2)CC1.I. The third-order valence-corrected chi connectivity index (χ3v) is 5.29. The number of hydrogen-bond acceptors (Lipinski definition) is 4. The molecule has 1 aromatic rings. The lowest BCUT2D eigenvalue weighted by Gasteiger charge is -2.34. The molecule has 2 saturated heterocycles. The minimum absolute atomic E-state index is 0. The minimum Gasteiger partial charge on any atom is -0.469 e. The molecule has 0 amide bonds. The number of rotatable bonds is 9. The first kappa shape index (κ1) is 23.5. The van der Waals surface area contributed by atoms with Gasteiger partial charge < -0.3 is 24.1 Å². The molecule has 1 aromatic heterocycles. The van der Waals surface area contributed by atoms with Crippen molar-refractivity contribution < 1.29 is 13.9 Å². The van der Waals surface area contributed by atoms with Crippen LogP contribution in [0.1, 0.15) is 51.2 Å². The molecule has 0 radical (unpaired) electrons. The quantitative estimate of drug-likeness (QED) is 0.239. The fraction of sp³-hybridized carbons (Fsp3) is 0.762. The lowest BCUT2D eigenvalue weighted by Crippen LogP contribution is -2.47. The molecule has 1 atom stereocenters. The maximum Gasteiger partial charge on any atom is 0.193 e. The first-order chi connectivity index (χ1) is 13.3. The van der Waals surface area contributed by atoms with Crippen molar-refractivity contribution >= 4 is 29.9 Å². The Kier molecular flexibility index (Phi) is 11.3. The molecule has 2 aliphatic heterocycles. The van der Waals surface area contributed by atoms with E-state index in [4.69, 9.17) is 18.9 Å². The van der Waals surface area contributed by atoms with E-state index in [0.717, 1.165) is 83.2 Å². The Balaban J connectivity index is 0.00000280. The van der Waals surface area contributed by atoms with Gasteiger partial charge in [0.15, 0.2) is 5.96 Å². The van der Waals surface area contributed by atoms with Crippen LogP contribution in [0.2, 0.25) is 0 Å². The zero-order valence-corrected chi connectivity index (χ0v) is 19.4. The highest BCUT2D eigenvalue weighted by atomic mass is 127. The van der Waals surface area contributed by atoms with E-state index in [0.29, 0.717) is 12.2 Å². The summed E-state index contributed by atoms with van der Waals surface area (Å²) < 4.78 is 17.2. The summed E-state index contributed by atoms with van der Waals surface area (Å²) in [6, 6.07) is 3.96. The Morgan fingerprint density at radius 1 is 1.32 bits per heavy atom. The number of nitrogens with one attached hydrogen (secondary N) is 1. The third kappa shape index (κ3) is 7.91. The maximum absolute atomic E-state index is 6.10. The van der Waals surface area contributed by atoms with Crippen LogP contribution < -0.4 is 5.32 Å². The Hall–Kier alpha value is -0.800. The van der Waals surface area contributed by atoms with E-state index < -0.39 is 0 Å². The highest BCUT2D eigenvalue weighted by Gasteiger charge is 2.24. The maximum atomic E-state index is 6.10. The van der Waals surface area contributed by atoms with Crippen LogP contribution in [0.25, 0.3) is 0 Å². The number of halogens is 1. The first-order valence-corrected chi connectivity index (χ1v) is 10.6. The largest absolute Gasteiger partial charge is 0.469 e. The van der Waals surface area contributed by atoms with Gasteiger partial charge in [0.1, 0.15) is 5.76 Å². The van der Waals surface area contributed by atoms with Crippen LogP contribution in [0.3, 0.4) is 0 Å². The van der Waals surface area contributed by atoms with Gasteiger partial charge >= 0.3 is 0 Å². The number of guanidine groups is 1. The number of hydrogen-bond donors (Lipinski definition) is 1. The fourth-order valence-corrected chi connectivity index (χ4v) is 3.62. The van der Waals surface area contributed by atoms with Gasteiger partial charge in [-0.3, -0.25) is 4.99 Å². The molecule has 28 heavy (non-hydrogen) atoms. The molecule has 3 heterocycles. The van der Waals surface area contributed by atoms with Crippen LogP contribution in [-0.4, -0.2) is 62.5 Å². The molecule has 160 valence electrons. The van der Waals surface area contributed by atoms with Crippen molar-refractivity contribution in [3.63, 3.8) is 0 Å². The number of unbranched alkanes of at least 4 members (excludes halogenated alkanes) is 1. The molecule has 0 aliphatic carbocycles. The van der Waals surface area contributed by atoms with E-state index in [1.165, 1.54) is 12.8 Å². The highest BCUT2D eigenvalue weighted by Crippen LogP contribution is 2.18. The van der Waals surface area contributed by atoms with Gasteiger partial charge in [-0.25, -0.2) is 0 Å².